The maximum atomic E-state index is 12.2. The van der Waals surface area contributed by atoms with E-state index < -0.39 is 27.4 Å². The maximum absolute atomic E-state index is 12.2. The first-order valence-corrected chi connectivity index (χ1v) is 10.0. The van der Waals surface area contributed by atoms with Gasteiger partial charge in [0.25, 0.3) is 11.6 Å². The summed E-state index contributed by atoms with van der Waals surface area (Å²) in [5, 5.41) is 14.5. The van der Waals surface area contributed by atoms with E-state index in [2.05, 4.69) is 10.5 Å². The number of carbonyl (C=O) groups excluding carboxylic acids is 1. The van der Waals surface area contributed by atoms with Crippen LogP contribution in [0.1, 0.15) is 16.7 Å². The van der Waals surface area contributed by atoms with Crippen LogP contribution >= 0.6 is 0 Å². The Morgan fingerprint density at radius 1 is 1.25 bits per heavy atom. The second-order valence-corrected chi connectivity index (χ2v) is 8.11. The summed E-state index contributed by atoms with van der Waals surface area (Å²) >= 11 is 0. The summed E-state index contributed by atoms with van der Waals surface area (Å²) in [4.78, 5) is 22.4. The van der Waals surface area contributed by atoms with Crippen molar-refractivity contribution in [2.24, 2.45) is 5.10 Å². The zero-order valence-electron chi connectivity index (χ0n) is 15.6. The van der Waals surface area contributed by atoms with Crippen molar-refractivity contribution in [1.29, 1.82) is 0 Å². The van der Waals surface area contributed by atoms with E-state index in [0.29, 0.717) is 11.3 Å². The second-order valence-electron chi connectivity index (χ2n) is 6.20. The number of nitrogens with zero attached hydrogens (tertiary/aromatic N) is 3. The van der Waals surface area contributed by atoms with Gasteiger partial charge in [0.05, 0.1) is 23.1 Å². The highest BCUT2D eigenvalue weighted by Crippen LogP contribution is 2.23. The minimum atomic E-state index is -3.70. The van der Waals surface area contributed by atoms with E-state index in [-0.39, 0.29) is 5.69 Å². The van der Waals surface area contributed by atoms with Gasteiger partial charge in [-0.15, -0.1) is 0 Å². The minimum absolute atomic E-state index is 0.103. The lowest BCUT2D eigenvalue weighted by atomic mass is 10.1. The molecule has 0 unspecified atom stereocenters. The molecule has 0 heterocycles. The fourth-order valence-corrected chi connectivity index (χ4v) is 3.44. The number of rotatable bonds is 7. The Morgan fingerprint density at radius 2 is 1.96 bits per heavy atom. The number of hydrogen-bond acceptors (Lipinski definition) is 6. The van der Waals surface area contributed by atoms with Gasteiger partial charge in [-0.1, -0.05) is 29.8 Å². The third-order valence-electron chi connectivity index (χ3n) is 3.79. The third kappa shape index (κ3) is 5.61. The Kier molecular flexibility index (Phi) is 6.47. The molecule has 0 bridgehead atoms. The molecule has 1 N–H and O–H groups in total. The summed E-state index contributed by atoms with van der Waals surface area (Å²) in [6.45, 7) is 3.20. The van der Waals surface area contributed by atoms with Crippen LogP contribution in [0.15, 0.2) is 47.6 Å². The van der Waals surface area contributed by atoms with Gasteiger partial charge in [-0.25, -0.2) is 13.8 Å². The number of benzene rings is 2. The molecule has 148 valence electrons. The lowest BCUT2D eigenvalue weighted by Gasteiger charge is -2.23. The van der Waals surface area contributed by atoms with Crippen LogP contribution in [0.5, 0.6) is 0 Å². The summed E-state index contributed by atoms with van der Waals surface area (Å²) in [6.07, 6.45) is 2.26. The fourth-order valence-electron chi connectivity index (χ4n) is 2.53. The van der Waals surface area contributed by atoms with E-state index in [1.54, 1.807) is 25.1 Å². The molecule has 0 aliphatic rings. The molecule has 1 amide bonds. The molecule has 2 rings (SSSR count). The van der Waals surface area contributed by atoms with Crippen molar-refractivity contribution >= 4 is 33.5 Å². The monoisotopic (exact) mass is 404 g/mol. The smallest absolute Gasteiger partial charge is 0.270 e. The molecule has 0 radical (unpaired) electrons. The van der Waals surface area contributed by atoms with Gasteiger partial charge in [-0.05, 0) is 25.5 Å². The predicted molar refractivity (Wildman–Crippen MR) is 107 cm³/mol. The Hall–Kier alpha value is -3.27. The summed E-state index contributed by atoms with van der Waals surface area (Å²) in [7, 11) is -3.70. The van der Waals surface area contributed by atoms with Gasteiger partial charge in [0.1, 0.15) is 6.54 Å². The molecular formula is C18H20N4O5S. The average Bonchev–Trinajstić information content (AvgIpc) is 2.59. The summed E-state index contributed by atoms with van der Waals surface area (Å²) in [6, 6.07) is 10.9. The first-order chi connectivity index (χ1) is 13.1. The quantitative estimate of drug-likeness (QED) is 0.430. The molecule has 0 aliphatic carbocycles. The van der Waals surface area contributed by atoms with Crippen molar-refractivity contribution < 1.29 is 18.1 Å². The first-order valence-electron chi connectivity index (χ1n) is 8.19. The van der Waals surface area contributed by atoms with E-state index in [1.807, 2.05) is 13.0 Å². The van der Waals surface area contributed by atoms with E-state index in [0.717, 1.165) is 21.7 Å². The number of nitro benzene ring substituents is 1. The van der Waals surface area contributed by atoms with Crippen molar-refractivity contribution in [2.75, 3.05) is 17.1 Å². The Bertz CT molecular complexity index is 1030. The first kappa shape index (κ1) is 21.0. The molecule has 10 heteroatoms. The average molecular weight is 404 g/mol. The normalized spacial score (nSPS) is 11.4. The summed E-state index contributed by atoms with van der Waals surface area (Å²) in [5.74, 6) is -0.646. The Balaban J connectivity index is 2.12. The SMILES string of the molecule is Cc1ccc(N(CC(=O)N/N=C\c2cccc([N+](=O)[O-])c2)S(C)(=O)=O)c(C)c1. The molecular weight excluding hydrogens is 384 g/mol. The zero-order valence-corrected chi connectivity index (χ0v) is 16.4. The molecule has 28 heavy (non-hydrogen) atoms. The highest BCUT2D eigenvalue weighted by atomic mass is 32.2. The van der Waals surface area contributed by atoms with E-state index in [4.69, 9.17) is 0 Å². The predicted octanol–water partition coefficient (Wildman–Crippen LogP) is 2.13. The Morgan fingerprint density at radius 3 is 2.57 bits per heavy atom. The van der Waals surface area contributed by atoms with Gasteiger partial charge in [0.15, 0.2) is 0 Å². The third-order valence-corrected chi connectivity index (χ3v) is 4.92. The van der Waals surface area contributed by atoms with Crippen LogP contribution in [0.3, 0.4) is 0 Å². The number of carbonyl (C=O) groups is 1. The molecule has 0 fully saturated rings. The van der Waals surface area contributed by atoms with Gasteiger partial charge in [-0.2, -0.15) is 5.10 Å². The van der Waals surface area contributed by atoms with E-state index in [9.17, 15) is 23.3 Å². The van der Waals surface area contributed by atoms with Crippen molar-refractivity contribution in [3.8, 4) is 0 Å². The number of amides is 1. The lowest BCUT2D eigenvalue weighted by molar-refractivity contribution is -0.384. The van der Waals surface area contributed by atoms with Gasteiger partial charge in [-0.3, -0.25) is 19.2 Å². The molecule has 2 aromatic rings. The van der Waals surface area contributed by atoms with Crippen LogP contribution in [0, 0.1) is 24.0 Å². The van der Waals surface area contributed by atoms with Crippen LogP contribution in [0.4, 0.5) is 11.4 Å². The van der Waals surface area contributed by atoms with Crippen LogP contribution in [-0.4, -0.2) is 38.3 Å². The standard InChI is InChI=1S/C18H20N4O5S/c1-13-7-8-17(14(2)9-13)21(28(3,26)27)12-18(23)20-19-11-15-5-4-6-16(10-15)22(24)25/h4-11H,12H2,1-3H3,(H,20,23)/b19-11-. The largest absolute Gasteiger partial charge is 0.271 e. The topological polar surface area (TPSA) is 122 Å². The number of sulfonamides is 1. The number of nitro groups is 1. The minimum Gasteiger partial charge on any atom is -0.271 e. The highest BCUT2D eigenvalue weighted by molar-refractivity contribution is 7.92. The van der Waals surface area contributed by atoms with E-state index in [1.165, 1.54) is 24.4 Å². The van der Waals surface area contributed by atoms with Crippen LogP contribution in [-0.2, 0) is 14.8 Å². The molecule has 0 saturated carbocycles. The second kappa shape index (κ2) is 8.61. The molecule has 0 atom stereocenters. The van der Waals surface area contributed by atoms with Crippen molar-refractivity contribution in [1.82, 2.24) is 5.43 Å². The molecule has 0 saturated heterocycles. The van der Waals surface area contributed by atoms with Crippen molar-refractivity contribution in [3.63, 3.8) is 0 Å². The summed E-state index contributed by atoms with van der Waals surface area (Å²) < 4.78 is 25.3. The summed E-state index contributed by atoms with van der Waals surface area (Å²) in [5.41, 5.74) is 4.66. The van der Waals surface area contributed by atoms with Crippen LogP contribution < -0.4 is 9.73 Å². The number of nitrogens with one attached hydrogen (secondary N) is 1. The molecule has 0 spiro atoms. The molecule has 2 aromatic carbocycles. The van der Waals surface area contributed by atoms with Gasteiger partial charge in [0, 0.05) is 17.7 Å². The fraction of sp³-hybridized carbons (Fsp3) is 0.222. The van der Waals surface area contributed by atoms with Gasteiger partial charge in [0.2, 0.25) is 10.0 Å². The van der Waals surface area contributed by atoms with Crippen LogP contribution in [0.25, 0.3) is 0 Å². The molecule has 0 aromatic heterocycles. The zero-order chi connectivity index (χ0) is 20.9. The molecule has 9 nitrogen and oxygen atoms in total. The number of hydrogen-bond donors (Lipinski definition) is 1. The van der Waals surface area contributed by atoms with E-state index >= 15 is 0 Å². The number of anilines is 1. The highest BCUT2D eigenvalue weighted by Gasteiger charge is 2.22. The van der Waals surface area contributed by atoms with Crippen molar-refractivity contribution in [2.45, 2.75) is 13.8 Å². The van der Waals surface area contributed by atoms with Crippen LogP contribution in [0.2, 0.25) is 0 Å². The number of non-ortho nitro benzene ring substituents is 1. The van der Waals surface area contributed by atoms with Gasteiger partial charge < -0.3 is 0 Å². The Labute approximate surface area is 162 Å². The molecule has 0 aliphatic heterocycles. The lowest BCUT2D eigenvalue weighted by Crippen LogP contribution is -2.39. The van der Waals surface area contributed by atoms with Gasteiger partial charge >= 0.3 is 0 Å². The van der Waals surface area contributed by atoms with Crippen molar-refractivity contribution in [3.05, 3.63) is 69.3 Å². The maximum Gasteiger partial charge on any atom is 0.270 e. The number of hydrazone groups is 1. The number of aryl methyl sites for hydroxylation is 2.